The maximum Gasteiger partial charge on any atom is 0.262 e. The van der Waals surface area contributed by atoms with Gasteiger partial charge in [0.25, 0.3) is 11.8 Å². The predicted octanol–water partition coefficient (Wildman–Crippen LogP) is 6.41. The summed E-state index contributed by atoms with van der Waals surface area (Å²) in [6.45, 7) is 3.66. The first-order valence-corrected chi connectivity index (χ1v) is 16.1. The molecule has 0 atom stereocenters. The summed E-state index contributed by atoms with van der Waals surface area (Å²) in [4.78, 5) is 47.5. The van der Waals surface area contributed by atoms with Crippen molar-refractivity contribution in [1.29, 1.82) is 0 Å². The molecule has 1 aliphatic heterocycles. The molecular weight excluding hydrogens is 614 g/mol. The molecule has 1 fully saturated rings. The second kappa shape index (κ2) is 10.4. The van der Waals surface area contributed by atoms with Crippen LogP contribution in [-0.2, 0) is 5.54 Å². The van der Waals surface area contributed by atoms with Gasteiger partial charge in [0.15, 0.2) is 11.3 Å². The second-order valence-corrected chi connectivity index (χ2v) is 13.2. The number of fused-ring (bicyclic) bond motifs is 4. The number of hydrogen-bond acceptors (Lipinski definition) is 8. The summed E-state index contributed by atoms with van der Waals surface area (Å²) in [6, 6.07) is 26.7. The summed E-state index contributed by atoms with van der Waals surface area (Å²) in [6.07, 6.45) is 7.37. The van der Waals surface area contributed by atoms with Crippen LogP contribution in [0.4, 0.5) is 0 Å². The van der Waals surface area contributed by atoms with Crippen LogP contribution in [0.25, 0.3) is 50.2 Å². The number of aromatic nitrogens is 6. The molecule has 0 spiro atoms. The third-order valence-electron chi connectivity index (χ3n) is 9.73. The van der Waals surface area contributed by atoms with Crippen LogP contribution in [0.5, 0.6) is 0 Å². The molecule has 10 nitrogen and oxygen atoms in total. The van der Waals surface area contributed by atoms with Crippen LogP contribution >= 0.6 is 0 Å². The van der Waals surface area contributed by atoms with Crippen LogP contribution in [0.1, 0.15) is 51.7 Å². The molecule has 2 amide bonds. The van der Waals surface area contributed by atoms with E-state index in [4.69, 9.17) is 15.1 Å². The summed E-state index contributed by atoms with van der Waals surface area (Å²) in [5, 5.41) is 16.5. The SMILES string of the molecule is Cc1cc2ncc3c(-c4cncnc4)c(-c4ccccc4)c(-c4ccc(C5(N6C(=O)c7ccccc7C6=O)CC(C)(O)C5)cc4)nc3n2n1. The summed E-state index contributed by atoms with van der Waals surface area (Å²) in [5.74, 6) is -0.686. The van der Waals surface area contributed by atoms with Crippen molar-refractivity contribution in [2.75, 3.05) is 0 Å². The van der Waals surface area contributed by atoms with Gasteiger partial charge >= 0.3 is 0 Å². The van der Waals surface area contributed by atoms with E-state index in [9.17, 15) is 14.7 Å². The third kappa shape index (κ3) is 4.34. The van der Waals surface area contributed by atoms with E-state index < -0.39 is 11.1 Å². The van der Waals surface area contributed by atoms with Gasteiger partial charge in [0.1, 0.15) is 6.33 Å². The number of carbonyl (C=O) groups is 2. The van der Waals surface area contributed by atoms with Crippen LogP contribution in [0.2, 0.25) is 0 Å². The maximum absolute atomic E-state index is 13.7. The Morgan fingerprint density at radius 3 is 2.06 bits per heavy atom. The first-order chi connectivity index (χ1) is 23.7. The molecule has 0 bridgehead atoms. The normalized spacial score (nSPS) is 20.2. The number of pyridine rings is 1. The van der Waals surface area contributed by atoms with Gasteiger partial charge in [-0.2, -0.15) is 9.61 Å². The molecule has 49 heavy (non-hydrogen) atoms. The molecule has 1 N–H and O–H groups in total. The zero-order valence-corrected chi connectivity index (χ0v) is 26.7. The maximum atomic E-state index is 13.7. The van der Waals surface area contributed by atoms with Crippen LogP contribution in [0.3, 0.4) is 0 Å². The van der Waals surface area contributed by atoms with Gasteiger partial charge in [-0.15, -0.1) is 0 Å². The van der Waals surface area contributed by atoms with Crippen LogP contribution in [0, 0.1) is 6.92 Å². The first-order valence-electron chi connectivity index (χ1n) is 16.1. The van der Waals surface area contributed by atoms with E-state index in [1.165, 1.54) is 11.2 Å². The van der Waals surface area contributed by atoms with Crippen molar-refractivity contribution in [3.63, 3.8) is 0 Å². The minimum Gasteiger partial charge on any atom is -0.390 e. The number of aryl methyl sites for hydroxylation is 1. The van der Waals surface area contributed by atoms with Gasteiger partial charge in [-0.25, -0.2) is 19.9 Å². The molecule has 4 aromatic heterocycles. The largest absolute Gasteiger partial charge is 0.390 e. The summed E-state index contributed by atoms with van der Waals surface area (Å²) < 4.78 is 1.76. The molecule has 9 rings (SSSR count). The molecule has 7 aromatic rings. The molecule has 2 aliphatic rings. The Morgan fingerprint density at radius 2 is 1.41 bits per heavy atom. The standard InChI is InChI=1S/C39H29N7O3/c1-23-16-31-42-19-30-32(26-17-40-22-41-18-26)33(24-8-4-3-5-9-24)34(43-35(30)46(31)44-23)25-12-14-27(15-13-25)39(20-38(2,49)21-39)45-36(47)28-10-6-7-11-29(28)37(45)48/h3-19,22,49H,20-21H2,1-2H3. The lowest BCUT2D eigenvalue weighted by Crippen LogP contribution is -2.63. The Labute approximate surface area is 280 Å². The number of benzene rings is 3. The van der Waals surface area contributed by atoms with Gasteiger partial charge in [-0.3, -0.25) is 14.5 Å². The van der Waals surface area contributed by atoms with Gasteiger partial charge in [0.05, 0.1) is 33.7 Å². The van der Waals surface area contributed by atoms with Gasteiger partial charge in [0, 0.05) is 65.1 Å². The molecule has 0 radical (unpaired) electrons. The second-order valence-electron chi connectivity index (χ2n) is 13.2. The fourth-order valence-corrected chi connectivity index (χ4v) is 7.77. The highest BCUT2D eigenvalue weighted by atomic mass is 16.3. The number of amides is 2. The molecule has 5 heterocycles. The highest BCUT2D eigenvalue weighted by molar-refractivity contribution is 6.22. The fraction of sp³-hybridized carbons (Fsp3) is 0.154. The molecule has 0 saturated heterocycles. The van der Waals surface area contributed by atoms with Crippen molar-refractivity contribution in [3.05, 3.63) is 132 Å². The highest BCUT2D eigenvalue weighted by Crippen LogP contribution is 2.55. The van der Waals surface area contributed by atoms with Gasteiger partial charge in [0.2, 0.25) is 0 Å². The van der Waals surface area contributed by atoms with E-state index in [-0.39, 0.29) is 24.7 Å². The molecular formula is C39H29N7O3. The minimum absolute atomic E-state index is 0.232. The number of hydrogen-bond donors (Lipinski definition) is 1. The van der Waals surface area contributed by atoms with Crippen molar-refractivity contribution in [1.82, 2.24) is 34.4 Å². The number of carbonyl (C=O) groups excluding carboxylic acids is 2. The van der Waals surface area contributed by atoms with Crippen LogP contribution in [0.15, 0.2) is 110 Å². The van der Waals surface area contributed by atoms with E-state index in [1.54, 1.807) is 48.1 Å². The smallest absolute Gasteiger partial charge is 0.262 e. The number of aliphatic hydroxyl groups is 1. The summed E-state index contributed by atoms with van der Waals surface area (Å²) in [5.41, 5.74) is 6.68. The van der Waals surface area contributed by atoms with E-state index >= 15 is 0 Å². The molecule has 0 unspecified atom stereocenters. The van der Waals surface area contributed by atoms with Gasteiger partial charge < -0.3 is 5.11 Å². The lowest BCUT2D eigenvalue weighted by atomic mass is 9.61. The monoisotopic (exact) mass is 643 g/mol. The quantitative estimate of drug-likeness (QED) is 0.213. The number of imide groups is 1. The van der Waals surface area contributed by atoms with Crippen molar-refractivity contribution in [2.45, 2.75) is 37.8 Å². The average molecular weight is 644 g/mol. The highest BCUT2D eigenvalue weighted by Gasteiger charge is 2.60. The minimum atomic E-state index is -1.03. The van der Waals surface area contributed by atoms with Crippen LogP contribution < -0.4 is 0 Å². The Kier molecular flexibility index (Phi) is 6.18. The Bertz CT molecular complexity index is 2430. The zero-order chi connectivity index (χ0) is 33.5. The lowest BCUT2D eigenvalue weighted by Gasteiger charge is -2.55. The molecule has 10 heteroatoms. The molecule has 3 aromatic carbocycles. The topological polar surface area (TPSA) is 126 Å². The molecule has 1 aliphatic carbocycles. The van der Waals surface area contributed by atoms with E-state index in [0.717, 1.165) is 44.5 Å². The number of rotatable bonds is 5. The summed E-state index contributed by atoms with van der Waals surface area (Å²) in [7, 11) is 0. The fourth-order valence-electron chi connectivity index (χ4n) is 7.77. The Morgan fingerprint density at radius 1 is 0.755 bits per heavy atom. The third-order valence-corrected chi connectivity index (χ3v) is 9.73. The average Bonchev–Trinajstić information content (AvgIpc) is 3.62. The predicted molar refractivity (Wildman–Crippen MR) is 183 cm³/mol. The molecule has 1 saturated carbocycles. The van der Waals surface area contributed by atoms with Crippen molar-refractivity contribution >= 4 is 28.5 Å². The number of nitrogens with zero attached hydrogens (tertiary/aromatic N) is 7. The van der Waals surface area contributed by atoms with Crippen LogP contribution in [-0.4, -0.2) is 57.0 Å². The Balaban J connectivity index is 1.26. The first kappa shape index (κ1) is 29.0. The van der Waals surface area contributed by atoms with Gasteiger partial charge in [-0.1, -0.05) is 66.7 Å². The van der Waals surface area contributed by atoms with Gasteiger partial charge in [-0.05, 0) is 37.1 Å². The van der Waals surface area contributed by atoms with Crippen molar-refractivity contribution in [3.8, 4) is 33.5 Å². The van der Waals surface area contributed by atoms with Crippen molar-refractivity contribution < 1.29 is 14.7 Å². The van der Waals surface area contributed by atoms with E-state index in [1.807, 2.05) is 73.8 Å². The van der Waals surface area contributed by atoms with Crippen molar-refractivity contribution in [2.24, 2.45) is 0 Å². The van der Waals surface area contributed by atoms with E-state index in [2.05, 4.69) is 9.97 Å². The summed E-state index contributed by atoms with van der Waals surface area (Å²) >= 11 is 0. The Hall–Kier alpha value is -6.13. The van der Waals surface area contributed by atoms with E-state index in [0.29, 0.717) is 28.1 Å². The zero-order valence-electron chi connectivity index (χ0n) is 26.7. The molecule has 238 valence electrons. The lowest BCUT2D eigenvalue weighted by molar-refractivity contribution is -0.118.